The van der Waals surface area contributed by atoms with Crippen molar-refractivity contribution in [3.63, 3.8) is 0 Å². The maximum atomic E-state index is 12.1. The van der Waals surface area contributed by atoms with E-state index in [1.807, 2.05) is 0 Å². The third kappa shape index (κ3) is 9.52. The molecule has 0 fully saturated rings. The van der Waals surface area contributed by atoms with Crippen LogP contribution in [0.2, 0.25) is 0 Å². The monoisotopic (exact) mass is 227 g/mol. The maximum absolute atomic E-state index is 12.1. The predicted molar refractivity (Wildman–Crippen MR) is 49.7 cm³/mol. The Bertz CT molecular complexity index is 194. The van der Waals surface area contributed by atoms with Crippen molar-refractivity contribution in [3.05, 3.63) is 0 Å². The number of hydrogen-bond donors (Lipinski definition) is 1. The molecule has 90 valence electrons. The van der Waals surface area contributed by atoms with Gasteiger partial charge in [-0.25, -0.2) is 0 Å². The first kappa shape index (κ1) is 14.2. The number of carboxylic acids is 1. The zero-order valence-corrected chi connectivity index (χ0v) is 8.68. The van der Waals surface area contributed by atoms with E-state index in [0.29, 0.717) is 13.0 Å². The molecule has 0 rings (SSSR count). The second-order valence-corrected chi connectivity index (χ2v) is 3.39. The molecule has 0 saturated heterocycles. The number of carboxylic acid groups (broad SMARTS) is 1. The van der Waals surface area contributed by atoms with Gasteiger partial charge in [0.25, 0.3) is 0 Å². The molecule has 0 aliphatic carbocycles. The molecule has 0 unspecified atom stereocenters. The zero-order chi connectivity index (χ0) is 11.9. The van der Waals surface area contributed by atoms with Crippen LogP contribution in [0.4, 0.5) is 13.2 Å². The number of nitrogens with zero attached hydrogens (tertiary/aromatic N) is 1. The smallest absolute Gasteiger partial charge is 0.401 e. The summed E-state index contributed by atoms with van der Waals surface area (Å²) in [5, 5.41) is 8.35. The first-order valence-corrected chi connectivity index (χ1v) is 4.86. The van der Waals surface area contributed by atoms with Gasteiger partial charge in [0.05, 0.1) is 6.54 Å². The molecular weight excluding hydrogens is 211 g/mol. The summed E-state index contributed by atoms with van der Waals surface area (Å²) < 4.78 is 36.2. The molecule has 0 aromatic rings. The molecular formula is C9H16F3NO2. The molecule has 6 heteroatoms. The average Bonchev–Trinajstić information content (AvgIpc) is 2.00. The van der Waals surface area contributed by atoms with Crippen LogP contribution in [0.5, 0.6) is 0 Å². The minimum atomic E-state index is -4.21. The maximum Gasteiger partial charge on any atom is 0.401 e. The quantitative estimate of drug-likeness (QED) is 0.724. The molecule has 0 heterocycles. The SMILES string of the molecule is CCCN(CCCC(=O)O)CC(F)(F)F. The van der Waals surface area contributed by atoms with E-state index < -0.39 is 18.7 Å². The zero-order valence-electron chi connectivity index (χ0n) is 8.68. The van der Waals surface area contributed by atoms with E-state index >= 15 is 0 Å². The highest BCUT2D eigenvalue weighted by Gasteiger charge is 2.30. The van der Waals surface area contributed by atoms with Gasteiger partial charge in [0.2, 0.25) is 0 Å². The number of aliphatic carboxylic acids is 1. The van der Waals surface area contributed by atoms with E-state index in [0.717, 1.165) is 0 Å². The number of halogens is 3. The van der Waals surface area contributed by atoms with Crippen molar-refractivity contribution < 1.29 is 23.1 Å². The Morgan fingerprint density at radius 1 is 1.33 bits per heavy atom. The Morgan fingerprint density at radius 2 is 1.93 bits per heavy atom. The van der Waals surface area contributed by atoms with Crippen molar-refractivity contribution in [2.24, 2.45) is 0 Å². The van der Waals surface area contributed by atoms with Gasteiger partial charge in [-0.05, 0) is 25.9 Å². The lowest BCUT2D eigenvalue weighted by atomic mass is 10.3. The summed E-state index contributed by atoms with van der Waals surface area (Å²) in [7, 11) is 0. The van der Waals surface area contributed by atoms with Crippen LogP contribution in [0.25, 0.3) is 0 Å². The van der Waals surface area contributed by atoms with Gasteiger partial charge in [0.1, 0.15) is 0 Å². The van der Waals surface area contributed by atoms with E-state index in [2.05, 4.69) is 0 Å². The van der Waals surface area contributed by atoms with Crippen LogP contribution in [-0.4, -0.2) is 41.8 Å². The normalized spacial score (nSPS) is 12.1. The summed E-state index contributed by atoms with van der Waals surface area (Å²) in [5.74, 6) is -0.974. The summed E-state index contributed by atoms with van der Waals surface area (Å²) in [5.41, 5.74) is 0. The van der Waals surface area contributed by atoms with Gasteiger partial charge in [-0.2, -0.15) is 13.2 Å². The summed E-state index contributed by atoms with van der Waals surface area (Å²) in [6.45, 7) is 1.36. The fraction of sp³-hybridized carbons (Fsp3) is 0.889. The molecule has 0 radical (unpaired) electrons. The van der Waals surface area contributed by atoms with Crippen LogP contribution >= 0.6 is 0 Å². The highest BCUT2D eigenvalue weighted by Crippen LogP contribution is 2.16. The minimum absolute atomic E-state index is 0.0852. The van der Waals surface area contributed by atoms with Gasteiger partial charge in [-0.3, -0.25) is 9.69 Å². The second-order valence-electron chi connectivity index (χ2n) is 3.39. The third-order valence-corrected chi connectivity index (χ3v) is 1.81. The van der Waals surface area contributed by atoms with Crippen LogP contribution in [0.1, 0.15) is 26.2 Å². The van der Waals surface area contributed by atoms with Gasteiger partial charge in [0, 0.05) is 6.42 Å². The molecule has 1 N–H and O–H groups in total. The van der Waals surface area contributed by atoms with Crippen LogP contribution in [-0.2, 0) is 4.79 Å². The molecule has 0 spiro atoms. The van der Waals surface area contributed by atoms with Crippen molar-refractivity contribution in [3.8, 4) is 0 Å². The van der Waals surface area contributed by atoms with Gasteiger partial charge < -0.3 is 5.11 Å². The second kappa shape index (κ2) is 6.66. The van der Waals surface area contributed by atoms with Crippen molar-refractivity contribution in [2.45, 2.75) is 32.4 Å². The van der Waals surface area contributed by atoms with Gasteiger partial charge in [-0.15, -0.1) is 0 Å². The molecule has 3 nitrogen and oxygen atoms in total. The van der Waals surface area contributed by atoms with E-state index in [1.165, 1.54) is 4.90 Å². The summed E-state index contributed by atoms with van der Waals surface area (Å²) in [4.78, 5) is 11.4. The van der Waals surface area contributed by atoms with Crippen LogP contribution in [0.3, 0.4) is 0 Å². The summed E-state index contributed by atoms with van der Waals surface area (Å²) in [6.07, 6.45) is -3.41. The third-order valence-electron chi connectivity index (χ3n) is 1.81. The van der Waals surface area contributed by atoms with Crippen molar-refractivity contribution in [2.75, 3.05) is 19.6 Å². The van der Waals surface area contributed by atoms with E-state index in [1.54, 1.807) is 6.92 Å². The Morgan fingerprint density at radius 3 is 2.33 bits per heavy atom. The molecule has 0 aliphatic heterocycles. The first-order chi connectivity index (χ1) is 6.85. The Labute approximate surface area is 86.9 Å². The van der Waals surface area contributed by atoms with Crippen molar-refractivity contribution >= 4 is 5.97 Å². The number of rotatable bonds is 7. The van der Waals surface area contributed by atoms with Crippen molar-refractivity contribution in [1.82, 2.24) is 4.90 Å². The number of alkyl halides is 3. The standard InChI is InChI=1S/C9H16F3NO2/c1-2-5-13(7-9(10,11)12)6-3-4-8(14)15/h2-7H2,1H3,(H,14,15). The lowest BCUT2D eigenvalue weighted by Crippen LogP contribution is -2.35. The molecule has 0 bridgehead atoms. The minimum Gasteiger partial charge on any atom is -0.481 e. The van der Waals surface area contributed by atoms with Gasteiger partial charge in [0.15, 0.2) is 0 Å². The Kier molecular flexibility index (Phi) is 6.31. The molecule has 0 saturated carbocycles. The number of hydrogen-bond acceptors (Lipinski definition) is 2. The number of carbonyl (C=O) groups is 1. The molecule has 0 amide bonds. The lowest BCUT2D eigenvalue weighted by Gasteiger charge is -2.22. The summed E-state index contributed by atoms with van der Waals surface area (Å²) in [6, 6.07) is 0. The summed E-state index contributed by atoms with van der Waals surface area (Å²) >= 11 is 0. The highest BCUT2D eigenvalue weighted by atomic mass is 19.4. The molecule has 0 aromatic heterocycles. The average molecular weight is 227 g/mol. The molecule has 0 atom stereocenters. The molecule has 15 heavy (non-hydrogen) atoms. The van der Waals surface area contributed by atoms with Crippen LogP contribution in [0.15, 0.2) is 0 Å². The highest BCUT2D eigenvalue weighted by molar-refractivity contribution is 5.66. The Balaban J connectivity index is 3.88. The lowest BCUT2D eigenvalue weighted by molar-refractivity contribution is -0.146. The molecule has 0 aromatic carbocycles. The van der Waals surface area contributed by atoms with E-state index in [4.69, 9.17) is 5.11 Å². The van der Waals surface area contributed by atoms with Gasteiger partial charge in [-0.1, -0.05) is 6.92 Å². The Hall–Kier alpha value is -0.780. The predicted octanol–water partition coefficient (Wildman–Crippen LogP) is 2.13. The topological polar surface area (TPSA) is 40.5 Å². The van der Waals surface area contributed by atoms with Crippen LogP contribution in [0, 0.1) is 0 Å². The van der Waals surface area contributed by atoms with E-state index in [-0.39, 0.29) is 19.4 Å². The molecule has 0 aliphatic rings. The van der Waals surface area contributed by atoms with Gasteiger partial charge >= 0.3 is 12.1 Å². The van der Waals surface area contributed by atoms with E-state index in [9.17, 15) is 18.0 Å². The van der Waals surface area contributed by atoms with Crippen LogP contribution < -0.4 is 0 Å². The fourth-order valence-electron chi connectivity index (χ4n) is 1.29. The first-order valence-electron chi connectivity index (χ1n) is 4.86. The van der Waals surface area contributed by atoms with Crippen molar-refractivity contribution in [1.29, 1.82) is 0 Å². The fourth-order valence-corrected chi connectivity index (χ4v) is 1.29. The largest absolute Gasteiger partial charge is 0.481 e.